The van der Waals surface area contributed by atoms with Gasteiger partial charge in [-0.05, 0) is 43.5 Å². The average molecular weight is 354 g/mol. The summed E-state index contributed by atoms with van der Waals surface area (Å²) in [6, 6.07) is 6.84. The molecule has 2 aliphatic rings. The Morgan fingerprint density at radius 3 is 2.77 bits per heavy atom. The molecule has 2 aliphatic heterocycles. The van der Waals surface area contributed by atoms with Crippen LogP contribution in [0.3, 0.4) is 0 Å². The fraction of sp³-hybridized carbons (Fsp3) is 0.421. The molecule has 7 nitrogen and oxygen atoms in total. The van der Waals surface area contributed by atoms with Gasteiger partial charge in [-0.3, -0.25) is 9.59 Å². The van der Waals surface area contributed by atoms with Crippen LogP contribution in [0.5, 0.6) is 0 Å². The van der Waals surface area contributed by atoms with Crippen molar-refractivity contribution >= 4 is 11.8 Å². The molecule has 3 heterocycles. The van der Waals surface area contributed by atoms with Gasteiger partial charge in [0, 0.05) is 12.5 Å². The van der Waals surface area contributed by atoms with Crippen LogP contribution in [0.25, 0.3) is 0 Å². The number of rotatable bonds is 3. The van der Waals surface area contributed by atoms with Crippen LogP contribution in [0.15, 0.2) is 34.9 Å². The summed E-state index contributed by atoms with van der Waals surface area (Å²) >= 11 is 0. The second kappa shape index (κ2) is 6.92. The van der Waals surface area contributed by atoms with Crippen LogP contribution in [-0.2, 0) is 11.2 Å². The third kappa shape index (κ3) is 2.99. The zero-order valence-corrected chi connectivity index (χ0v) is 14.5. The van der Waals surface area contributed by atoms with E-state index in [1.54, 1.807) is 0 Å². The number of amides is 2. The fourth-order valence-electron chi connectivity index (χ4n) is 3.88. The highest BCUT2D eigenvalue weighted by molar-refractivity contribution is 5.96. The van der Waals surface area contributed by atoms with E-state index in [2.05, 4.69) is 10.3 Å². The highest BCUT2D eigenvalue weighted by atomic mass is 16.3. The van der Waals surface area contributed by atoms with Crippen molar-refractivity contribution in [3.63, 3.8) is 0 Å². The first-order valence-electron chi connectivity index (χ1n) is 8.99. The lowest BCUT2D eigenvalue weighted by atomic mass is 9.92. The number of carbonyl (C=O) groups excluding carboxylic acids is 2. The number of benzene rings is 1. The van der Waals surface area contributed by atoms with Crippen molar-refractivity contribution in [3.05, 3.63) is 53.2 Å². The summed E-state index contributed by atoms with van der Waals surface area (Å²) in [7, 11) is 0. The molecule has 0 aliphatic carbocycles. The van der Waals surface area contributed by atoms with E-state index in [-0.39, 0.29) is 17.5 Å². The van der Waals surface area contributed by atoms with Gasteiger partial charge in [-0.15, -0.1) is 0 Å². The van der Waals surface area contributed by atoms with Crippen molar-refractivity contribution in [2.24, 2.45) is 5.73 Å². The highest BCUT2D eigenvalue weighted by Crippen LogP contribution is 2.31. The van der Waals surface area contributed by atoms with Crippen LogP contribution in [0.4, 0.5) is 0 Å². The smallest absolute Gasteiger partial charge is 0.276 e. The number of carbonyl (C=O) groups is 2. The third-order valence-corrected chi connectivity index (χ3v) is 5.24. The van der Waals surface area contributed by atoms with Gasteiger partial charge in [-0.2, -0.15) is 0 Å². The summed E-state index contributed by atoms with van der Waals surface area (Å²) in [5, 5.41) is 3.30. The number of aromatic nitrogens is 1. The minimum Gasteiger partial charge on any atom is -0.448 e. The van der Waals surface area contributed by atoms with Crippen molar-refractivity contribution in [2.75, 3.05) is 19.6 Å². The number of nitrogens with zero attached hydrogens (tertiary/aromatic N) is 2. The normalized spacial score (nSPS) is 20.6. The molecule has 7 heteroatoms. The Labute approximate surface area is 151 Å². The Morgan fingerprint density at radius 1 is 1.23 bits per heavy atom. The summed E-state index contributed by atoms with van der Waals surface area (Å²) in [5.41, 5.74) is 7.71. The number of nitrogens with two attached hydrogens (primary N) is 1. The molecule has 2 amide bonds. The van der Waals surface area contributed by atoms with Gasteiger partial charge in [0.2, 0.25) is 5.91 Å². The van der Waals surface area contributed by atoms with E-state index < -0.39 is 11.9 Å². The van der Waals surface area contributed by atoms with Crippen molar-refractivity contribution in [2.45, 2.75) is 31.2 Å². The SMILES string of the molecule is NC(=O)C1c2ccccc2CCN1C(=O)c1coc(C2CCNCC2)n1. The summed E-state index contributed by atoms with van der Waals surface area (Å²) < 4.78 is 5.58. The number of primary amides is 1. The molecule has 0 saturated carbocycles. The molecule has 2 aromatic rings. The van der Waals surface area contributed by atoms with Gasteiger partial charge in [0.15, 0.2) is 11.6 Å². The second-order valence-electron chi connectivity index (χ2n) is 6.85. The summed E-state index contributed by atoms with van der Waals surface area (Å²) in [6.45, 7) is 2.27. The van der Waals surface area contributed by atoms with Crippen LogP contribution < -0.4 is 11.1 Å². The molecule has 1 aromatic heterocycles. The monoisotopic (exact) mass is 354 g/mol. The highest BCUT2D eigenvalue weighted by Gasteiger charge is 2.36. The number of piperidine rings is 1. The zero-order valence-electron chi connectivity index (χ0n) is 14.5. The van der Waals surface area contributed by atoms with E-state index in [0.29, 0.717) is 18.9 Å². The summed E-state index contributed by atoms with van der Waals surface area (Å²) in [6.07, 6.45) is 3.97. The van der Waals surface area contributed by atoms with Gasteiger partial charge in [-0.1, -0.05) is 24.3 Å². The minimum atomic E-state index is -0.772. The number of nitrogens with one attached hydrogen (secondary N) is 1. The molecule has 1 saturated heterocycles. The Bertz CT molecular complexity index is 826. The summed E-state index contributed by atoms with van der Waals surface area (Å²) in [4.78, 5) is 31.0. The van der Waals surface area contributed by atoms with Crippen LogP contribution >= 0.6 is 0 Å². The molecule has 1 aromatic carbocycles. The maximum atomic E-state index is 13.0. The standard InChI is InChI=1S/C19H22N4O3/c20-17(24)16-14-4-2-1-3-12(14)7-10-23(16)19(25)15-11-26-18(22-15)13-5-8-21-9-6-13/h1-4,11,13,16,21H,5-10H2,(H2,20,24). The van der Waals surface area contributed by atoms with Crippen LogP contribution in [0, 0.1) is 0 Å². The lowest BCUT2D eigenvalue weighted by molar-refractivity contribution is -0.123. The Hall–Kier alpha value is -2.67. The molecule has 0 bridgehead atoms. The molecule has 1 unspecified atom stereocenters. The van der Waals surface area contributed by atoms with E-state index >= 15 is 0 Å². The second-order valence-corrected chi connectivity index (χ2v) is 6.85. The number of hydrogen-bond acceptors (Lipinski definition) is 5. The van der Waals surface area contributed by atoms with Gasteiger partial charge in [-0.25, -0.2) is 4.98 Å². The van der Waals surface area contributed by atoms with E-state index in [9.17, 15) is 9.59 Å². The van der Waals surface area contributed by atoms with Gasteiger partial charge >= 0.3 is 0 Å². The molecular weight excluding hydrogens is 332 g/mol. The summed E-state index contributed by atoms with van der Waals surface area (Å²) in [5.74, 6) is -0.0190. The third-order valence-electron chi connectivity index (χ3n) is 5.24. The van der Waals surface area contributed by atoms with Crippen LogP contribution in [0.1, 0.15) is 52.3 Å². The maximum absolute atomic E-state index is 13.0. The Balaban J connectivity index is 1.59. The molecule has 136 valence electrons. The van der Waals surface area contributed by atoms with Gasteiger partial charge in [0.25, 0.3) is 5.91 Å². The first-order valence-corrected chi connectivity index (χ1v) is 8.99. The Morgan fingerprint density at radius 2 is 2.00 bits per heavy atom. The lowest BCUT2D eigenvalue weighted by Crippen LogP contribution is -2.45. The number of hydrogen-bond donors (Lipinski definition) is 2. The van der Waals surface area contributed by atoms with E-state index in [0.717, 1.165) is 37.1 Å². The van der Waals surface area contributed by atoms with Crippen molar-refractivity contribution in [1.29, 1.82) is 0 Å². The molecule has 0 spiro atoms. The maximum Gasteiger partial charge on any atom is 0.276 e. The van der Waals surface area contributed by atoms with Crippen molar-refractivity contribution in [3.8, 4) is 0 Å². The molecule has 26 heavy (non-hydrogen) atoms. The van der Waals surface area contributed by atoms with E-state index in [1.807, 2.05) is 24.3 Å². The molecule has 0 radical (unpaired) electrons. The average Bonchev–Trinajstić information content (AvgIpc) is 3.17. The number of oxazole rings is 1. The first-order chi connectivity index (χ1) is 12.6. The molecule has 3 N–H and O–H groups in total. The topological polar surface area (TPSA) is 101 Å². The van der Waals surface area contributed by atoms with Gasteiger partial charge < -0.3 is 20.4 Å². The molecular formula is C19H22N4O3. The van der Waals surface area contributed by atoms with E-state index in [4.69, 9.17) is 10.2 Å². The Kier molecular flexibility index (Phi) is 4.46. The first kappa shape index (κ1) is 16.8. The number of fused-ring (bicyclic) bond motifs is 1. The predicted molar refractivity (Wildman–Crippen MR) is 94.5 cm³/mol. The van der Waals surface area contributed by atoms with Crippen LogP contribution in [-0.4, -0.2) is 41.3 Å². The van der Waals surface area contributed by atoms with E-state index in [1.165, 1.54) is 11.2 Å². The fourth-order valence-corrected chi connectivity index (χ4v) is 3.88. The lowest BCUT2D eigenvalue weighted by Gasteiger charge is -2.34. The van der Waals surface area contributed by atoms with Crippen molar-refractivity contribution in [1.82, 2.24) is 15.2 Å². The predicted octanol–water partition coefficient (Wildman–Crippen LogP) is 1.37. The largest absolute Gasteiger partial charge is 0.448 e. The zero-order chi connectivity index (χ0) is 18.1. The van der Waals surface area contributed by atoms with Gasteiger partial charge in [0.05, 0.1) is 0 Å². The quantitative estimate of drug-likeness (QED) is 0.867. The van der Waals surface area contributed by atoms with Crippen molar-refractivity contribution < 1.29 is 14.0 Å². The van der Waals surface area contributed by atoms with Crippen LogP contribution in [0.2, 0.25) is 0 Å². The molecule has 1 atom stereocenters. The van der Waals surface area contributed by atoms with Gasteiger partial charge in [0.1, 0.15) is 12.3 Å². The molecule has 1 fully saturated rings. The molecule has 4 rings (SSSR count). The minimum absolute atomic E-state index is 0.229.